The van der Waals surface area contributed by atoms with E-state index in [1.54, 1.807) is 65.7 Å². The number of aromatic nitrogens is 2. The molecule has 0 amide bonds. The number of hydrogen-bond donors (Lipinski definition) is 2. The molecule has 0 bridgehead atoms. The van der Waals surface area contributed by atoms with Crippen molar-refractivity contribution in [1.82, 2.24) is 9.13 Å². The number of carbonyl (C=O) groups excluding carboxylic acids is 1. The topological polar surface area (TPSA) is 185 Å². The lowest BCUT2D eigenvalue weighted by Gasteiger charge is -2.44. The van der Waals surface area contributed by atoms with Crippen LogP contribution in [-0.2, 0) is 41.1 Å². The van der Waals surface area contributed by atoms with E-state index in [4.69, 9.17) is 42.3 Å². The normalized spacial score (nSPS) is 12.4. The highest BCUT2D eigenvalue weighted by atomic mass is 28.4. The van der Waals surface area contributed by atoms with Crippen molar-refractivity contribution in [2.24, 2.45) is 0 Å². The molecule has 0 aliphatic heterocycles. The molecular formula is C80H86N2O14Si. The Hall–Kier alpha value is -9.53. The van der Waals surface area contributed by atoms with Crippen molar-refractivity contribution in [3.8, 4) is 23.0 Å². The molecule has 2 atom stereocenters. The number of hydrogen-bond acceptors (Lipinski definition) is 14. The standard InChI is InChI=1S/C42H48O6Si.C38H38N2O8/c1-41(2,3)49(39-17-11-7-12-18-39,40-19-13-8-14-20-40)48-32-38(46-30-29-43)31-47-42(33-15-9-6-10-16-33,34-21-25-36(44-4)26-22-34)35-23-27-37(45-5)28-24-35;1-27-24-39(37(44)40(35(27)42)36(43)28-10-6-4-7-11-28)22-23-47-34(25-41)26-48-38(29-12-8-5-9-13-29,30-14-18-32(45-2)19-15-30)31-16-20-33(46-3)21-17-31/h6-28,38,43H,29-32H2,1-5H3;4-21,24,34,41H,22-23,25-26H2,1-3H3/t38-;34-/m10/s1. The fraction of sp³-hybridized carbons (Fsp3) is 0.263. The summed E-state index contributed by atoms with van der Waals surface area (Å²) in [4.78, 5) is 39.2. The van der Waals surface area contributed by atoms with E-state index in [-0.39, 0.29) is 69.0 Å². The van der Waals surface area contributed by atoms with Crippen molar-refractivity contribution < 1.29 is 57.3 Å². The fourth-order valence-corrected chi connectivity index (χ4v) is 16.8. The maximum absolute atomic E-state index is 13.3. The summed E-state index contributed by atoms with van der Waals surface area (Å²) in [6, 6.07) is 80.4. The molecule has 0 spiro atoms. The van der Waals surface area contributed by atoms with E-state index in [0.717, 1.165) is 44.9 Å². The van der Waals surface area contributed by atoms with E-state index in [0.29, 0.717) is 16.1 Å². The van der Waals surface area contributed by atoms with Crippen LogP contribution in [0.15, 0.2) is 265 Å². The summed E-state index contributed by atoms with van der Waals surface area (Å²) in [7, 11) is 3.67. The van der Waals surface area contributed by atoms with Crippen LogP contribution >= 0.6 is 0 Å². The molecule has 16 nitrogen and oxygen atoms in total. The predicted octanol–water partition coefficient (Wildman–Crippen LogP) is 11.4. The minimum Gasteiger partial charge on any atom is -0.497 e. The van der Waals surface area contributed by atoms with Gasteiger partial charge in [-0.05, 0) is 116 Å². The average molecular weight is 1330 g/mol. The van der Waals surface area contributed by atoms with Crippen LogP contribution < -0.4 is 40.6 Å². The summed E-state index contributed by atoms with van der Waals surface area (Å²) < 4.78 is 57.4. The Bertz CT molecular complexity index is 4020. The largest absolute Gasteiger partial charge is 0.497 e. The molecule has 0 aliphatic rings. The first-order valence-corrected chi connectivity index (χ1v) is 34.1. The maximum Gasteiger partial charge on any atom is 0.338 e. The molecule has 0 saturated heterocycles. The number of aryl methyl sites for hydroxylation is 1. The van der Waals surface area contributed by atoms with Gasteiger partial charge in [-0.1, -0.05) is 209 Å². The quantitative estimate of drug-likeness (QED) is 0.0320. The molecular weight excluding hydrogens is 1240 g/mol. The average Bonchev–Trinajstić information content (AvgIpc) is 0.783. The number of carbonyl (C=O) groups is 1. The molecule has 0 aliphatic carbocycles. The van der Waals surface area contributed by atoms with Gasteiger partial charge in [-0.2, -0.15) is 4.57 Å². The van der Waals surface area contributed by atoms with Crippen molar-refractivity contribution in [2.45, 2.75) is 62.7 Å². The van der Waals surface area contributed by atoms with Crippen molar-refractivity contribution in [3.05, 3.63) is 320 Å². The Morgan fingerprint density at radius 1 is 0.454 bits per heavy atom. The third-order valence-corrected chi connectivity index (χ3v) is 22.1. The van der Waals surface area contributed by atoms with Gasteiger partial charge in [0.25, 0.3) is 19.8 Å². The minimum absolute atomic E-state index is 0.00489. The number of aliphatic hydroxyl groups is 2. The van der Waals surface area contributed by atoms with E-state index in [2.05, 4.69) is 81.4 Å². The molecule has 0 radical (unpaired) electrons. The van der Waals surface area contributed by atoms with Gasteiger partial charge < -0.3 is 52.5 Å². The van der Waals surface area contributed by atoms with Gasteiger partial charge in [-0.3, -0.25) is 14.2 Å². The van der Waals surface area contributed by atoms with Crippen LogP contribution in [0.25, 0.3) is 0 Å². The van der Waals surface area contributed by atoms with E-state index < -0.39 is 48.9 Å². The summed E-state index contributed by atoms with van der Waals surface area (Å²) >= 11 is 0. The molecule has 9 aromatic carbocycles. The second kappa shape index (κ2) is 33.9. The van der Waals surface area contributed by atoms with Crippen LogP contribution in [0.1, 0.15) is 70.1 Å². The van der Waals surface area contributed by atoms with Crippen LogP contribution in [0.4, 0.5) is 0 Å². The van der Waals surface area contributed by atoms with Gasteiger partial charge in [0, 0.05) is 17.3 Å². The third-order valence-electron chi connectivity index (χ3n) is 17.1. The molecule has 2 N–H and O–H groups in total. The van der Waals surface area contributed by atoms with Crippen LogP contribution in [0.2, 0.25) is 5.04 Å². The van der Waals surface area contributed by atoms with Crippen LogP contribution in [0.5, 0.6) is 23.0 Å². The molecule has 1 heterocycles. The Morgan fingerprint density at radius 3 is 1.16 bits per heavy atom. The van der Waals surface area contributed by atoms with Crippen LogP contribution in [0.3, 0.4) is 0 Å². The van der Waals surface area contributed by atoms with Crippen molar-refractivity contribution in [2.75, 3.05) is 74.7 Å². The molecule has 0 fully saturated rings. The van der Waals surface area contributed by atoms with Gasteiger partial charge in [0.15, 0.2) is 0 Å². The monoisotopic (exact) mass is 1330 g/mol. The Morgan fingerprint density at radius 2 is 0.804 bits per heavy atom. The lowest BCUT2D eigenvalue weighted by atomic mass is 9.80. The van der Waals surface area contributed by atoms with E-state index in [1.165, 1.54) is 21.1 Å². The molecule has 10 aromatic rings. The Kier molecular flexibility index (Phi) is 25.1. The molecule has 0 unspecified atom stereocenters. The first-order chi connectivity index (χ1) is 47.1. The maximum atomic E-state index is 13.3. The summed E-state index contributed by atoms with van der Waals surface area (Å²) in [5, 5.41) is 22.4. The molecule has 17 heteroatoms. The third kappa shape index (κ3) is 16.5. The zero-order chi connectivity index (χ0) is 68.8. The highest BCUT2D eigenvalue weighted by molar-refractivity contribution is 6.99. The van der Waals surface area contributed by atoms with Crippen molar-refractivity contribution in [1.29, 1.82) is 0 Å². The van der Waals surface area contributed by atoms with Crippen molar-refractivity contribution >= 4 is 24.6 Å². The summed E-state index contributed by atoms with van der Waals surface area (Å²) in [5.74, 6) is 2.18. The van der Waals surface area contributed by atoms with Gasteiger partial charge in [0.05, 0.1) is 81.2 Å². The first kappa shape index (κ1) is 71.8. The van der Waals surface area contributed by atoms with Gasteiger partial charge in [0.1, 0.15) is 46.4 Å². The van der Waals surface area contributed by atoms with E-state index in [9.17, 15) is 24.6 Å². The number of aliphatic hydroxyl groups excluding tert-OH is 2. The number of rotatable bonds is 30. The summed E-state index contributed by atoms with van der Waals surface area (Å²) in [6.07, 6.45) is 0.132. The number of methoxy groups -OCH3 is 4. The lowest BCUT2D eigenvalue weighted by Crippen LogP contribution is -2.67. The predicted molar refractivity (Wildman–Crippen MR) is 380 cm³/mol. The smallest absolute Gasteiger partial charge is 0.338 e. The van der Waals surface area contributed by atoms with Crippen LogP contribution in [0, 0.1) is 6.92 Å². The number of ether oxygens (including phenoxy) is 8. The molecule has 10 rings (SSSR count). The molecule has 0 saturated carbocycles. The molecule has 504 valence electrons. The summed E-state index contributed by atoms with van der Waals surface area (Å²) in [5.41, 5.74) is 2.18. The molecule has 1 aromatic heterocycles. The SMILES string of the molecule is COc1ccc(C(OC[C@H](CO)OCCn2cc(C)c(=O)n(C(=O)c3ccccc3)c2=O)(c2ccccc2)c2ccc(OC)cc2)cc1.COc1ccc(C(OC[C@H](CO[Si](c2ccccc2)(c2ccccc2)C(C)(C)C)OCCO)(c2ccccc2)c2ccc(OC)cc2)cc1. The molecule has 97 heavy (non-hydrogen) atoms. The minimum atomic E-state index is -2.86. The lowest BCUT2D eigenvalue weighted by molar-refractivity contribution is -0.0835. The summed E-state index contributed by atoms with van der Waals surface area (Å²) in [6.45, 7) is 8.44. The van der Waals surface area contributed by atoms with Gasteiger partial charge in [-0.15, -0.1) is 0 Å². The Balaban J connectivity index is 0.000000227. The first-order valence-electron chi connectivity index (χ1n) is 32.2. The van der Waals surface area contributed by atoms with Crippen LogP contribution in [-0.4, -0.2) is 120 Å². The highest BCUT2D eigenvalue weighted by Crippen LogP contribution is 2.44. The van der Waals surface area contributed by atoms with Gasteiger partial charge >= 0.3 is 5.69 Å². The zero-order valence-electron chi connectivity index (χ0n) is 56.2. The fourth-order valence-electron chi connectivity index (χ4n) is 12.2. The number of nitrogens with zero attached hydrogens (tertiary/aromatic N) is 2. The highest BCUT2D eigenvalue weighted by Gasteiger charge is 2.51. The second-order valence-electron chi connectivity index (χ2n) is 24.1. The zero-order valence-corrected chi connectivity index (χ0v) is 57.2. The van der Waals surface area contributed by atoms with Crippen molar-refractivity contribution in [3.63, 3.8) is 0 Å². The van der Waals surface area contributed by atoms with E-state index >= 15 is 0 Å². The van der Waals surface area contributed by atoms with Gasteiger partial charge in [0.2, 0.25) is 0 Å². The second-order valence-corrected chi connectivity index (χ2v) is 28.4. The Labute approximate surface area is 568 Å². The van der Waals surface area contributed by atoms with Gasteiger partial charge in [-0.25, -0.2) is 4.79 Å². The number of benzene rings is 9. The van der Waals surface area contributed by atoms with E-state index in [1.807, 2.05) is 158 Å².